The second kappa shape index (κ2) is 1.36. The maximum absolute atomic E-state index is 2.38. The Bertz CT molecular complexity index is 75.0. The van der Waals surface area contributed by atoms with E-state index >= 15 is 0 Å². The summed E-state index contributed by atoms with van der Waals surface area (Å²) in [4.78, 5) is 0. The molecule has 0 nitrogen and oxygen atoms in total. The van der Waals surface area contributed by atoms with E-state index in [1.54, 1.807) is 0 Å². The van der Waals surface area contributed by atoms with Crippen LogP contribution in [0.25, 0.3) is 0 Å². The Morgan fingerprint density at radius 2 is 2.00 bits per heavy atom. The second-order valence-corrected chi connectivity index (χ2v) is 3.54. The molecule has 28 valence electrons. The van der Waals surface area contributed by atoms with Crippen molar-refractivity contribution in [2.45, 2.75) is 3.92 Å². The Morgan fingerprint density at radius 3 is 2.00 bits per heavy atom. The molecule has 0 amide bonds. The summed E-state index contributed by atoms with van der Waals surface area (Å²) in [6, 6.07) is 0. The molecule has 1 unspecified atom stereocenters. The SMILES string of the molecule is IC1=CC1I. The fourth-order valence-corrected chi connectivity index (χ4v) is 1.53. The lowest BCUT2D eigenvalue weighted by Gasteiger charge is -1.64. The van der Waals surface area contributed by atoms with Gasteiger partial charge in [0.1, 0.15) is 0 Å². The molecule has 0 fully saturated rings. The first-order valence-electron chi connectivity index (χ1n) is 1.32. The zero-order valence-electron chi connectivity index (χ0n) is 2.41. The molecule has 0 spiro atoms. The first-order chi connectivity index (χ1) is 2.30. The normalized spacial score (nSPS) is 33.2. The quantitative estimate of drug-likeness (QED) is 0.474. The Hall–Kier alpha value is 1.20. The summed E-state index contributed by atoms with van der Waals surface area (Å²) in [5.74, 6) is 0. The molecule has 0 aromatic rings. The Morgan fingerprint density at radius 1 is 1.80 bits per heavy atom. The van der Waals surface area contributed by atoms with Gasteiger partial charge >= 0.3 is 0 Å². The van der Waals surface area contributed by atoms with Crippen LogP contribution in [0.3, 0.4) is 0 Å². The number of halogens is 2. The van der Waals surface area contributed by atoms with E-state index in [9.17, 15) is 0 Å². The number of hydrogen-bond donors (Lipinski definition) is 0. The van der Waals surface area contributed by atoms with Crippen molar-refractivity contribution >= 4 is 45.2 Å². The van der Waals surface area contributed by atoms with Crippen LogP contribution in [0.2, 0.25) is 0 Å². The highest BCUT2D eigenvalue weighted by atomic mass is 127. The monoisotopic (exact) mass is 292 g/mol. The van der Waals surface area contributed by atoms with Gasteiger partial charge in [-0.3, -0.25) is 0 Å². The lowest BCUT2D eigenvalue weighted by atomic mass is 10.9. The Kier molecular flexibility index (Phi) is 1.19. The molecule has 1 atom stereocenters. The summed E-state index contributed by atoms with van der Waals surface area (Å²) in [6.07, 6.45) is 2.22. The lowest BCUT2D eigenvalue weighted by Crippen LogP contribution is -1.55. The van der Waals surface area contributed by atoms with Crippen LogP contribution in [0.1, 0.15) is 0 Å². The summed E-state index contributed by atoms with van der Waals surface area (Å²) in [7, 11) is 0. The fourth-order valence-electron chi connectivity index (χ4n) is 0.0917. The molecule has 0 aromatic heterocycles. The van der Waals surface area contributed by atoms with Crippen molar-refractivity contribution in [1.82, 2.24) is 0 Å². The fraction of sp³-hybridized carbons (Fsp3) is 0.333. The third-order valence-electron chi connectivity index (χ3n) is 0.460. The largest absolute Gasteiger partial charge is 0.0723 e. The van der Waals surface area contributed by atoms with Crippen molar-refractivity contribution in [1.29, 1.82) is 0 Å². The second-order valence-electron chi connectivity index (χ2n) is 0.953. The molecule has 0 heterocycles. The van der Waals surface area contributed by atoms with Gasteiger partial charge in [0.05, 0.1) is 3.92 Å². The number of rotatable bonds is 0. The molecule has 0 saturated heterocycles. The minimum atomic E-state index is 0.799. The van der Waals surface area contributed by atoms with Gasteiger partial charge in [-0.15, -0.1) is 0 Å². The molecule has 0 bridgehead atoms. The average Bonchev–Trinajstić information content (AvgIpc) is 1.79. The van der Waals surface area contributed by atoms with Crippen LogP contribution in [-0.4, -0.2) is 3.92 Å². The van der Waals surface area contributed by atoms with Crippen LogP contribution in [0.15, 0.2) is 9.66 Å². The maximum Gasteiger partial charge on any atom is 0.0604 e. The van der Waals surface area contributed by atoms with Gasteiger partial charge in [-0.2, -0.15) is 0 Å². The van der Waals surface area contributed by atoms with Gasteiger partial charge in [0.2, 0.25) is 0 Å². The molecular weight excluding hydrogens is 290 g/mol. The van der Waals surface area contributed by atoms with E-state index in [1.807, 2.05) is 0 Å². The van der Waals surface area contributed by atoms with Crippen molar-refractivity contribution in [3.05, 3.63) is 9.66 Å². The number of hydrogen-bond acceptors (Lipinski definition) is 0. The smallest absolute Gasteiger partial charge is 0.0604 e. The number of allylic oxidation sites excluding steroid dienone is 2. The van der Waals surface area contributed by atoms with E-state index in [-0.39, 0.29) is 0 Å². The van der Waals surface area contributed by atoms with Crippen LogP contribution >= 0.6 is 45.2 Å². The van der Waals surface area contributed by atoms with Gasteiger partial charge in [0, 0.05) is 3.58 Å². The van der Waals surface area contributed by atoms with E-state index in [0.29, 0.717) is 0 Å². The molecule has 1 rings (SSSR count). The minimum absolute atomic E-state index is 0.799. The third kappa shape index (κ3) is 1.03. The van der Waals surface area contributed by atoms with E-state index in [2.05, 4.69) is 51.3 Å². The van der Waals surface area contributed by atoms with Crippen molar-refractivity contribution in [3.8, 4) is 0 Å². The Balaban J connectivity index is 2.38. The molecule has 5 heavy (non-hydrogen) atoms. The zero-order chi connectivity index (χ0) is 3.86. The Labute approximate surface area is 58.3 Å². The minimum Gasteiger partial charge on any atom is -0.0723 e. The average molecular weight is 292 g/mol. The molecule has 1 aliphatic rings. The molecule has 0 aliphatic heterocycles. The van der Waals surface area contributed by atoms with Gasteiger partial charge in [0.15, 0.2) is 0 Å². The van der Waals surface area contributed by atoms with Gasteiger partial charge < -0.3 is 0 Å². The molecule has 1 aliphatic carbocycles. The summed E-state index contributed by atoms with van der Waals surface area (Å²) >= 11 is 4.71. The highest BCUT2D eigenvalue weighted by Gasteiger charge is 2.15. The summed E-state index contributed by atoms with van der Waals surface area (Å²) in [5, 5.41) is 0. The van der Waals surface area contributed by atoms with Crippen molar-refractivity contribution in [2.75, 3.05) is 0 Å². The van der Waals surface area contributed by atoms with Crippen LogP contribution < -0.4 is 0 Å². The first kappa shape index (κ1) is 4.36. The van der Waals surface area contributed by atoms with E-state index in [1.165, 1.54) is 3.58 Å². The predicted octanol–water partition coefficient (Wildman–Crippen LogP) is 2.12. The maximum atomic E-state index is 2.38. The van der Waals surface area contributed by atoms with Gasteiger partial charge in [-0.25, -0.2) is 0 Å². The predicted molar refractivity (Wildman–Crippen MR) is 39.9 cm³/mol. The van der Waals surface area contributed by atoms with Crippen molar-refractivity contribution in [2.24, 2.45) is 0 Å². The van der Waals surface area contributed by atoms with Gasteiger partial charge in [-0.1, -0.05) is 28.7 Å². The van der Waals surface area contributed by atoms with Gasteiger partial charge in [-0.05, 0) is 22.6 Å². The van der Waals surface area contributed by atoms with Crippen LogP contribution in [0.4, 0.5) is 0 Å². The van der Waals surface area contributed by atoms with E-state index in [0.717, 1.165) is 3.92 Å². The van der Waals surface area contributed by atoms with Crippen LogP contribution in [0.5, 0.6) is 0 Å². The first-order valence-corrected chi connectivity index (χ1v) is 3.64. The van der Waals surface area contributed by atoms with Crippen LogP contribution in [-0.2, 0) is 0 Å². The van der Waals surface area contributed by atoms with Crippen LogP contribution in [0, 0.1) is 0 Å². The molecule has 0 saturated carbocycles. The van der Waals surface area contributed by atoms with Crippen molar-refractivity contribution < 1.29 is 0 Å². The third-order valence-corrected chi connectivity index (χ3v) is 3.71. The topological polar surface area (TPSA) is 0 Å². The summed E-state index contributed by atoms with van der Waals surface area (Å²) < 4.78 is 2.30. The molecule has 0 aromatic carbocycles. The van der Waals surface area contributed by atoms with Crippen molar-refractivity contribution in [3.63, 3.8) is 0 Å². The zero-order valence-corrected chi connectivity index (χ0v) is 6.73. The lowest BCUT2D eigenvalue weighted by molar-refractivity contribution is 1.81. The highest BCUT2D eigenvalue weighted by molar-refractivity contribution is 14.1. The molecule has 2 heteroatoms. The molecule has 0 N–H and O–H groups in total. The summed E-state index contributed by atoms with van der Waals surface area (Å²) in [5.41, 5.74) is 0. The van der Waals surface area contributed by atoms with E-state index < -0.39 is 0 Å². The number of alkyl halides is 1. The molecule has 0 radical (unpaired) electrons. The van der Waals surface area contributed by atoms with E-state index in [4.69, 9.17) is 0 Å². The molecular formula is C3H2I2. The van der Waals surface area contributed by atoms with Gasteiger partial charge in [0.25, 0.3) is 0 Å². The summed E-state index contributed by atoms with van der Waals surface area (Å²) in [6.45, 7) is 0. The highest BCUT2D eigenvalue weighted by Crippen LogP contribution is 2.34. The standard InChI is InChI=1S/C3H2I2/c4-2-1-3(2)5/h1-2H.